The van der Waals surface area contributed by atoms with Crippen LogP contribution >= 0.6 is 0 Å². The normalized spacial score (nSPS) is 11.4. The minimum Gasteiger partial charge on any atom is -0.235 e. The van der Waals surface area contributed by atoms with Gasteiger partial charge in [-0.15, -0.1) is 5.10 Å². The molecule has 13 heavy (non-hydrogen) atoms. The summed E-state index contributed by atoms with van der Waals surface area (Å²) in [4.78, 5) is 4.22. The fraction of sp³-hybridized carbons (Fsp3) is 0.444. The van der Waals surface area contributed by atoms with Gasteiger partial charge in [-0.05, 0) is 17.5 Å². The molecule has 4 heteroatoms. The first-order valence-electron chi connectivity index (χ1n) is 4.34. The second-order valence-electron chi connectivity index (χ2n) is 3.44. The summed E-state index contributed by atoms with van der Waals surface area (Å²) < 4.78 is 1.70. The highest BCUT2D eigenvalue weighted by atomic mass is 15.4. The molecular weight excluding hydrogens is 164 g/mol. The molecule has 0 fully saturated rings. The van der Waals surface area contributed by atoms with Crippen LogP contribution in [0.3, 0.4) is 0 Å². The number of hydrogen-bond acceptors (Lipinski definition) is 3. The molecule has 2 aromatic rings. The molecule has 4 nitrogen and oxygen atoms in total. The lowest BCUT2D eigenvalue weighted by molar-refractivity contribution is 0.729. The molecule has 0 N–H and O–H groups in total. The molecule has 0 spiro atoms. The summed E-state index contributed by atoms with van der Waals surface area (Å²) in [6, 6.07) is 2.00. The highest BCUT2D eigenvalue weighted by Gasteiger charge is 2.09. The van der Waals surface area contributed by atoms with E-state index in [0.29, 0.717) is 5.92 Å². The maximum Gasteiger partial charge on any atom is 0.178 e. The van der Waals surface area contributed by atoms with Gasteiger partial charge in [0, 0.05) is 13.2 Å². The number of rotatable bonds is 1. The summed E-state index contributed by atoms with van der Waals surface area (Å²) in [5.41, 5.74) is 2.98. The maximum absolute atomic E-state index is 4.22. The zero-order valence-electron chi connectivity index (χ0n) is 8.02. The van der Waals surface area contributed by atoms with Crippen LogP contribution in [0, 0.1) is 0 Å². The number of pyridine rings is 1. The van der Waals surface area contributed by atoms with Crippen LogP contribution in [0.4, 0.5) is 0 Å². The molecule has 0 aliphatic rings. The first-order valence-corrected chi connectivity index (χ1v) is 4.34. The highest BCUT2D eigenvalue weighted by molar-refractivity contribution is 5.74. The molecule has 68 valence electrons. The van der Waals surface area contributed by atoms with Crippen LogP contribution in [0.25, 0.3) is 11.2 Å². The van der Waals surface area contributed by atoms with E-state index in [9.17, 15) is 0 Å². The molecular formula is C9H12N4. The number of hydrogen-bond donors (Lipinski definition) is 0. The van der Waals surface area contributed by atoms with Gasteiger partial charge in [0.05, 0.1) is 0 Å². The van der Waals surface area contributed by atoms with Crippen LogP contribution < -0.4 is 0 Å². The maximum atomic E-state index is 4.22. The van der Waals surface area contributed by atoms with Crippen molar-refractivity contribution in [1.29, 1.82) is 0 Å². The minimum absolute atomic E-state index is 0.460. The van der Waals surface area contributed by atoms with E-state index >= 15 is 0 Å². The Kier molecular flexibility index (Phi) is 1.76. The summed E-state index contributed by atoms with van der Waals surface area (Å²) in [6.45, 7) is 4.28. The van der Waals surface area contributed by atoms with Crippen molar-refractivity contribution in [3.05, 3.63) is 17.8 Å². The van der Waals surface area contributed by atoms with Crippen LogP contribution in [0.1, 0.15) is 25.3 Å². The second kappa shape index (κ2) is 2.80. The van der Waals surface area contributed by atoms with Gasteiger partial charge in [-0.1, -0.05) is 19.1 Å². The van der Waals surface area contributed by atoms with E-state index < -0.39 is 0 Å². The van der Waals surface area contributed by atoms with E-state index in [1.807, 2.05) is 13.1 Å². The van der Waals surface area contributed by atoms with E-state index in [1.54, 1.807) is 10.9 Å². The summed E-state index contributed by atoms with van der Waals surface area (Å²) in [7, 11) is 1.85. The fourth-order valence-electron chi connectivity index (χ4n) is 1.42. The fourth-order valence-corrected chi connectivity index (χ4v) is 1.42. The number of aryl methyl sites for hydroxylation is 1. The Morgan fingerprint density at radius 1 is 1.38 bits per heavy atom. The quantitative estimate of drug-likeness (QED) is 0.661. The van der Waals surface area contributed by atoms with Crippen LogP contribution in [-0.4, -0.2) is 20.0 Å². The van der Waals surface area contributed by atoms with Gasteiger partial charge in [0.15, 0.2) is 5.65 Å². The molecule has 0 bridgehead atoms. The third kappa shape index (κ3) is 1.18. The minimum atomic E-state index is 0.460. The zero-order valence-corrected chi connectivity index (χ0v) is 8.02. The van der Waals surface area contributed by atoms with E-state index in [2.05, 4.69) is 29.1 Å². The predicted molar refractivity (Wildman–Crippen MR) is 50.4 cm³/mol. The van der Waals surface area contributed by atoms with Crippen molar-refractivity contribution in [3.8, 4) is 0 Å². The van der Waals surface area contributed by atoms with Crippen molar-refractivity contribution >= 4 is 11.2 Å². The monoisotopic (exact) mass is 176 g/mol. The third-order valence-electron chi connectivity index (χ3n) is 2.14. The van der Waals surface area contributed by atoms with E-state index in [4.69, 9.17) is 0 Å². The largest absolute Gasteiger partial charge is 0.235 e. The second-order valence-corrected chi connectivity index (χ2v) is 3.44. The van der Waals surface area contributed by atoms with Gasteiger partial charge < -0.3 is 0 Å². The van der Waals surface area contributed by atoms with Crippen molar-refractivity contribution in [2.75, 3.05) is 0 Å². The smallest absolute Gasteiger partial charge is 0.178 e. The van der Waals surface area contributed by atoms with Crippen molar-refractivity contribution in [2.45, 2.75) is 19.8 Å². The third-order valence-corrected chi connectivity index (χ3v) is 2.14. The number of nitrogens with zero attached hydrogens (tertiary/aromatic N) is 4. The van der Waals surface area contributed by atoms with E-state index in [0.717, 1.165) is 11.2 Å². The van der Waals surface area contributed by atoms with Gasteiger partial charge in [0.25, 0.3) is 0 Å². The van der Waals surface area contributed by atoms with Crippen molar-refractivity contribution in [2.24, 2.45) is 7.05 Å². The molecule has 0 saturated heterocycles. The molecule has 0 aromatic carbocycles. The van der Waals surface area contributed by atoms with Crippen molar-refractivity contribution in [3.63, 3.8) is 0 Å². The molecule has 2 heterocycles. The van der Waals surface area contributed by atoms with Gasteiger partial charge in [0.2, 0.25) is 0 Å². The lowest BCUT2D eigenvalue weighted by atomic mass is 10.0. The molecule has 0 radical (unpaired) electrons. The summed E-state index contributed by atoms with van der Waals surface area (Å²) in [6.07, 6.45) is 1.81. The summed E-state index contributed by atoms with van der Waals surface area (Å²) in [5.74, 6) is 0.460. The Balaban J connectivity index is 2.77. The molecule has 2 rings (SSSR count). The summed E-state index contributed by atoms with van der Waals surface area (Å²) >= 11 is 0. The molecule has 0 saturated carbocycles. The van der Waals surface area contributed by atoms with Crippen LogP contribution in [-0.2, 0) is 7.05 Å². The van der Waals surface area contributed by atoms with E-state index in [1.165, 1.54) is 5.56 Å². The van der Waals surface area contributed by atoms with Crippen LogP contribution in [0.5, 0.6) is 0 Å². The molecule has 0 aliphatic carbocycles. The van der Waals surface area contributed by atoms with Gasteiger partial charge in [-0.3, -0.25) is 0 Å². The van der Waals surface area contributed by atoms with Gasteiger partial charge in [-0.2, -0.15) is 0 Å². The average molecular weight is 176 g/mol. The summed E-state index contributed by atoms with van der Waals surface area (Å²) in [5, 5.41) is 8.03. The average Bonchev–Trinajstić information content (AvgIpc) is 2.48. The number of aromatic nitrogens is 4. The molecule has 2 aromatic heterocycles. The lowest BCUT2D eigenvalue weighted by Gasteiger charge is -2.03. The van der Waals surface area contributed by atoms with Crippen molar-refractivity contribution < 1.29 is 0 Å². The van der Waals surface area contributed by atoms with Crippen molar-refractivity contribution in [1.82, 2.24) is 20.0 Å². The standard InChI is InChI=1S/C9H12N4/c1-6(2)7-4-5-10-9-8(7)11-12-13(9)3/h4-6H,1-3H3. The van der Waals surface area contributed by atoms with Gasteiger partial charge >= 0.3 is 0 Å². The Labute approximate surface area is 76.6 Å². The predicted octanol–water partition coefficient (Wildman–Crippen LogP) is 1.49. The topological polar surface area (TPSA) is 43.6 Å². The molecule has 0 aliphatic heterocycles. The Hall–Kier alpha value is -1.45. The zero-order chi connectivity index (χ0) is 9.42. The van der Waals surface area contributed by atoms with Crippen LogP contribution in [0.2, 0.25) is 0 Å². The van der Waals surface area contributed by atoms with Gasteiger partial charge in [-0.25, -0.2) is 9.67 Å². The number of fused-ring (bicyclic) bond motifs is 1. The highest BCUT2D eigenvalue weighted by Crippen LogP contribution is 2.20. The van der Waals surface area contributed by atoms with E-state index in [-0.39, 0.29) is 0 Å². The Morgan fingerprint density at radius 2 is 2.15 bits per heavy atom. The Morgan fingerprint density at radius 3 is 2.85 bits per heavy atom. The SMILES string of the molecule is CC(C)c1ccnc2c1nnn2C. The lowest BCUT2D eigenvalue weighted by Crippen LogP contribution is -1.93. The Bertz CT molecular complexity index is 430. The molecule has 0 atom stereocenters. The first kappa shape index (κ1) is 8.16. The molecule has 0 unspecified atom stereocenters. The van der Waals surface area contributed by atoms with Crippen LogP contribution in [0.15, 0.2) is 12.3 Å². The first-order chi connectivity index (χ1) is 6.20. The molecule has 0 amide bonds. The van der Waals surface area contributed by atoms with Gasteiger partial charge in [0.1, 0.15) is 5.52 Å².